The maximum atomic E-state index is 11.8. The molecule has 90 valence electrons. The van der Waals surface area contributed by atoms with Gasteiger partial charge in [0.2, 0.25) is 0 Å². The van der Waals surface area contributed by atoms with E-state index in [9.17, 15) is 9.59 Å². The lowest BCUT2D eigenvalue weighted by Crippen LogP contribution is -2.57. The molecular formula is C14H17NO2. The van der Waals surface area contributed by atoms with Gasteiger partial charge < -0.3 is 0 Å². The van der Waals surface area contributed by atoms with Gasteiger partial charge in [0, 0.05) is 18.2 Å². The van der Waals surface area contributed by atoms with E-state index in [1.807, 2.05) is 0 Å². The monoisotopic (exact) mass is 231 g/mol. The van der Waals surface area contributed by atoms with Gasteiger partial charge in [0.15, 0.2) is 0 Å². The molecule has 0 aromatic rings. The van der Waals surface area contributed by atoms with Crippen LogP contribution in [0.15, 0.2) is 12.2 Å². The summed E-state index contributed by atoms with van der Waals surface area (Å²) in [5.74, 6) is 2.81. The molecule has 0 radical (unpaired) electrons. The number of carbonyl (C=O) groups is 2. The lowest BCUT2D eigenvalue weighted by atomic mass is 9.54. The molecule has 0 spiro atoms. The van der Waals surface area contributed by atoms with Crippen LogP contribution in [0.4, 0.5) is 0 Å². The summed E-state index contributed by atoms with van der Waals surface area (Å²) in [4.78, 5) is 25.2. The fraction of sp³-hybridized carbons (Fsp3) is 0.714. The Morgan fingerprint density at radius 1 is 0.824 bits per heavy atom. The van der Waals surface area contributed by atoms with E-state index in [4.69, 9.17) is 0 Å². The molecule has 3 nitrogen and oxygen atoms in total. The van der Waals surface area contributed by atoms with E-state index in [2.05, 4.69) is 0 Å². The zero-order valence-corrected chi connectivity index (χ0v) is 9.84. The van der Waals surface area contributed by atoms with E-state index in [1.54, 1.807) is 4.90 Å². The smallest absolute Gasteiger partial charge is 0.253 e. The summed E-state index contributed by atoms with van der Waals surface area (Å²) in [6.07, 6.45) is 9.26. The Balaban J connectivity index is 1.66. The second-order valence-electron chi connectivity index (χ2n) is 6.30. The van der Waals surface area contributed by atoms with Crippen molar-refractivity contribution in [3.8, 4) is 0 Å². The number of imide groups is 1. The highest BCUT2D eigenvalue weighted by molar-refractivity contribution is 6.13. The van der Waals surface area contributed by atoms with Crippen molar-refractivity contribution in [2.75, 3.05) is 0 Å². The van der Waals surface area contributed by atoms with Gasteiger partial charge in [-0.15, -0.1) is 0 Å². The fourth-order valence-electron chi connectivity index (χ4n) is 5.02. The van der Waals surface area contributed by atoms with Crippen molar-refractivity contribution >= 4 is 11.8 Å². The summed E-state index contributed by atoms with van der Waals surface area (Å²) < 4.78 is 0. The fourth-order valence-corrected chi connectivity index (χ4v) is 5.02. The lowest BCUT2D eigenvalue weighted by Gasteiger charge is -2.56. The van der Waals surface area contributed by atoms with Gasteiger partial charge in [-0.2, -0.15) is 0 Å². The molecule has 0 atom stereocenters. The number of amides is 2. The first kappa shape index (κ1) is 9.86. The first-order valence-corrected chi connectivity index (χ1v) is 6.77. The van der Waals surface area contributed by atoms with E-state index < -0.39 is 0 Å². The molecule has 0 saturated heterocycles. The average Bonchev–Trinajstić information content (AvgIpc) is 2.59. The summed E-state index contributed by atoms with van der Waals surface area (Å²) >= 11 is 0. The molecule has 3 heteroatoms. The number of nitrogens with zero attached hydrogens (tertiary/aromatic N) is 1. The highest BCUT2D eigenvalue weighted by atomic mass is 16.2. The number of carbonyl (C=O) groups excluding carboxylic acids is 2. The van der Waals surface area contributed by atoms with Crippen LogP contribution in [0.2, 0.25) is 0 Å². The van der Waals surface area contributed by atoms with E-state index in [0.717, 1.165) is 11.8 Å². The highest BCUT2D eigenvalue weighted by Crippen LogP contribution is 2.55. The van der Waals surface area contributed by atoms with Gasteiger partial charge in [-0.3, -0.25) is 14.5 Å². The minimum Gasteiger partial charge on any atom is -0.272 e. The molecular weight excluding hydrogens is 214 g/mol. The van der Waals surface area contributed by atoms with Crippen LogP contribution < -0.4 is 0 Å². The average molecular weight is 231 g/mol. The van der Waals surface area contributed by atoms with Crippen molar-refractivity contribution in [3.63, 3.8) is 0 Å². The number of hydrogen-bond acceptors (Lipinski definition) is 2. The maximum Gasteiger partial charge on any atom is 0.253 e. The Bertz CT molecular complexity index is 380. The van der Waals surface area contributed by atoms with Crippen LogP contribution in [0.5, 0.6) is 0 Å². The molecule has 0 aromatic carbocycles. The highest BCUT2D eigenvalue weighted by Gasteiger charge is 2.52. The Labute approximate surface area is 101 Å². The first-order valence-electron chi connectivity index (χ1n) is 6.77. The van der Waals surface area contributed by atoms with Crippen molar-refractivity contribution in [2.24, 2.45) is 23.7 Å². The van der Waals surface area contributed by atoms with Crippen LogP contribution in [0.1, 0.15) is 32.1 Å². The Morgan fingerprint density at radius 2 is 1.29 bits per heavy atom. The van der Waals surface area contributed by atoms with E-state index >= 15 is 0 Å². The van der Waals surface area contributed by atoms with E-state index in [1.165, 1.54) is 44.3 Å². The molecule has 4 bridgehead atoms. The molecule has 0 N–H and O–H groups in total. The molecule has 1 aliphatic heterocycles. The predicted molar refractivity (Wildman–Crippen MR) is 61.8 cm³/mol. The predicted octanol–water partition coefficient (Wildman–Crippen LogP) is 1.74. The second kappa shape index (κ2) is 3.21. The largest absolute Gasteiger partial charge is 0.272 e. The summed E-state index contributed by atoms with van der Waals surface area (Å²) in [5.41, 5.74) is 0. The second-order valence-corrected chi connectivity index (χ2v) is 6.30. The first-order chi connectivity index (χ1) is 8.22. The van der Waals surface area contributed by atoms with Crippen molar-refractivity contribution in [1.82, 2.24) is 4.90 Å². The van der Waals surface area contributed by atoms with Gasteiger partial charge in [-0.05, 0) is 55.8 Å². The van der Waals surface area contributed by atoms with Crippen molar-refractivity contribution in [1.29, 1.82) is 0 Å². The van der Waals surface area contributed by atoms with E-state index in [-0.39, 0.29) is 17.9 Å². The van der Waals surface area contributed by atoms with Gasteiger partial charge in [-0.1, -0.05) is 0 Å². The SMILES string of the molecule is O=C1C=CC(=O)N1C1C2CC3CC(C2)CC1C3. The Kier molecular flexibility index (Phi) is 1.86. The molecule has 1 heterocycles. The van der Waals surface area contributed by atoms with E-state index in [0.29, 0.717) is 11.8 Å². The van der Waals surface area contributed by atoms with Gasteiger partial charge >= 0.3 is 0 Å². The minimum absolute atomic E-state index is 0.0764. The molecule has 4 saturated carbocycles. The van der Waals surface area contributed by atoms with Crippen LogP contribution in [0.3, 0.4) is 0 Å². The van der Waals surface area contributed by atoms with Gasteiger partial charge in [0.25, 0.3) is 11.8 Å². The third-order valence-electron chi connectivity index (χ3n) is 5.32. The molecule has 0 unspecified atom stereocenters. The Morgan fingerprint density at radius 3 is 1.76 bits per heavy atom. The van der Waals surface area contributed by atoms with Crippen LogP contribution in [0, 0.1) is 23.7 Å². The molecule has 17 heavy (non-hydrogen) atoms. The quantitative estimate of drug-likeness (QED) is 0.645. The molecule has 4 aliphatic carbocycles. The third kappa shape index (κ3) is 1.28. The lowest BCUT2D eigenvalue weighted by molar-refractivity contribution is -0.149. The van der Waals surface area contributed by atoms with Gasteiger partial charge in [-0.25, -0.2) is 0 Å². The number of hydrogen-bond donors (Lipinski definition) is 0. The van der Waals surface area contributed by atoms with Crippen LogP contribution in [-0.2, 0) is 9.59 Å². The normalized spacial score (nSPS) is 47.3. The van der Waals surface area contributed by atoms with Crippen LogP contribution >= 0.6 is 0 Å². The topological polar surface area (TPSA) is 37.4 Å². The summed E-state index contributed by atoms with van der Waals surface area (Å²) in [7, 11) is 0. The molecule has 5 aliphatic rings. The van der Waals surface area contributed by atoms with Crippen molar-refractivity contribution in [3.05, 3.63) is 12.2 Å². The Hall–Kier alpha value is -1.12. The zero-order chi connectivity index (χ0) is 11.6. The van der Waals surface area contributed by atoms with Gasteiger partial charge in [0.05, 0.1) is 0 Å². The van der Waals surface area contributed by atoms with Crippen LogP contribution in [-0.4, -0.2) is 22.8 Å². The molecule has 4 fully saturated rings. The standard InChI is InChI=1S/C14H17NO2/c16-12-1-2-13(17)15(12)14-10-4-8-3-9(6-10)7-11(14)5-8/h1-2,8-11,14H,3-7H2. The molecule has 5 rings (SSSR count). The van der Waals surface area contributed by atoms with Crippen LogP contribution in [0.25, 0.3) is 0 Å². The van der Waals surface area contributed by atoms with Gasteiger partial charge in [0.1, 0.15) is 0 Å². The molecule has 2 amide bonds. The number of rotatable bonds is 1. The van der Waals surface area contributed by atoms with Crippen molar-refractivity contribution < 1.29 is 9.59 Å². The third-order valence-corrected chi connectivity index (χ3v) is 5.32. The maximum absolute atomic E-state index is 11.8. The molecule has 0 aromatic heterocycles. The summed E-state index contributed by atoms with van der Waals surface area (Å²) in [5, 5.41) is 0. The minimum atomic E-state index is -0.0764. The summed E-state index contributed by atoms with van der Waals surface area (Å²) in [6.45, 7) is 0. The summed E-state index contributed by atoms with van der Waals surface area (Å²) in [6, 6.07) is 0.220. The zero-order valence-electron chi connectivity index (χ0n) is 9.84. The van der Waals surface area contributed by atoms with Crippen molar-refractivity contribution in [2.45, 2.75) is 38.1 Å².